The van der Waals surface area contributed by atoms with Gasteiger partial charge in [0.05, 0.1) is 12.9 Å². The molecule has 0 aromatic rings. The predicted molar refractivity (Wildman–Crippen MR) is 63.0 cm³/mol. The molecular weight excluding hydrogens is 246 g/mol. The molecule has 100 valence electrons. The van der Waals surface area contributed by atoms with E-state index in [1.165, 1.54) is 11.4 Å². The Morgan fingerprint density at radius 3 is 2.88 bits per heavy atom. The van der Waals surface area contributed by atoms with Gasteiger partial charge >= 0.3 is 6.09 Å². The third-order valence-corrected chi connectivity index (χ3v) is 4.58. The zero-order valence-corrected chi connectivity index (χ0v) is 10.7. The maximum Gasteiger partial charge on any atom is 0.407 e. The Labute approximate surface area is 101 Å². The van der Waals surface area contributed by atoms with Gasteiger partial charge in [-0.05, 0) is 19.4 Å². The van der Waals surface area contributed by atoms with Crippen LogP contribution in [-0.4, -0.2) is 57.4 Å². The SMILES string of the molecule is COC(=O)NC1CCN(S(=O)(=O)CCCN)C1. The molecule has 1 rings (SSSR count). The number of sulfonamides is 1. The normalized spacial score (nSPS) is 21.4. The topological polar surface area (TPSA) is 102 Å². The number of rotatable bonds is 5. The summed E-state index contributed by atoms with van der Waals surface area (Å²) in [4.78, 5) is 11.0. The van der Waals surface area contributed by atoms with Crippen LogP contribution in [0.1, 0.15) is 12.8 Å². The summed E-state index contributed by atoms with van der Waals surface area (Å²) in [7, 11) is -1.96. The van der Waals surface area contributed by atoms with E-state index in [2.05, 4.69) is 10.1 Å². The number of ether oxygens (including phenoxy) is 1. The Bertz CT molecular complexity index is 357. The van der Waals surface area contributed by atoms with Crippen molar-refractivity contribution in [2.75, 3.05) is 32.5 Å². The lowest BCUT2D eigenvalue weighted by molar-refractivity contribution is 0.167. The summed E-state index contributed by atoms with van der Waals surface area (Å²) in [5.41, 5.74) is 5.29. The number of carbonyl (C=O) groups is 1. The first kappa shape index (κ1) is 14.2. The Morgan fingerprint density at radius 2 is 2.29 bits per heavy atom. The second-order valence-corrected chi connectivity index (χ2v) is 6.03. The molecule has 0 aromatic heterocycles. The highest BCUT2D eigenvalue weighted by molar-refractivity contribution is 7.89. The number of carbonyl (C=O) groups excluding carboxylic acids is 1. The Kier molecular flexibility index (Phi) is 5.16. The van der Waals surface area contributed by atoms with Crippen molar-refractivity contribution < 1.29 is 17.9 Å². The first-order valence-electron chi connectivity index (χ1n) is 5.52. The maximum absolute atomic E-state index is 11.8. The lowest BCUT2D eigenvalue weighted by Crippen LogP contribution is -2.39. The third kappa shape index (κ3) is 4.14. The summed E-state index contributed by atoms with van der Waals surface area (Å²) in [6.07, 6.45) is 0.529. The van der Waals surface area contributed by atoms with Crippen molar-refractivity contribution in [3.63, 3.8) is 0 Å². The number of amides is 1. The molecule has 1 aliphatic rings. The molecule has 0 radical (unpaired) electrons. The Morgan fingerprint density at radius 1 is 1.59 bits per heavy atom. The van der Waals surface area contributed by atoms with Crippen LogP contribution < -0.4 is 11.1 Å². The smallest absolute Gasteiger partial charge is 0.407 e. The van der Waals surface area contributed by atoms with Crippen LogP contribution in [0.25, 0.3) is 0 Å². The summed E-state index contributed by atoms with van der Waals surface area (Å²) in [5, 5.41) is 2.59. The molecule has 1 heterocycles. The van der Waals surface area contributed by atoms with E-state index >= 15 is 0 Å². The first-order valence-corrected chi connectivity index (χ1v) is 7.13. The maximum atomic E-state index is 11.8. The van der Waals surface area contributed by atoms with Gasteiger partial charge in [0, 0.05) is 19.1 Å². The second kappa shape index (κ2) is 6.18. The number of nitrogens with two attached hydrogens (primary N) is 1. The number of methoxy groups -OCH3 is 1. The van der Waals surface area contributed by atoms with Crippen molar-refractivity contribution in [1.82, 2.24) is 9.62 Å². The van der Waals surface area contributed by atoms with Crippen LogP contribution in [0, 0.1) is 0 Å². The van der Waals surface area contributed by atoms with E-state index in [0.717, 1.165) is 0 Å². The monoisotopic (exact) mass is 265 g/mol. The van der Waals surface area contributed by atoms with Crippen LogP contribution in [0.4, 0.5) is 4.79 Å². The van der Waals surface area contributed by atoms with Gasteiger partial charge in [0.25, 0.3) is 0 Å². The molecule has 1 amide bonds. The molecule has 8 heteroatoms. The second-order valence-electron chi connectivity index (χ2n) is 3.94. The minimum Gasteiger partial charge on any atom is -0.453 e. The fourth-order valence-corrected chi connectivity index (χ4v) is 3.30. The van der Waals surface area contributed by atoms with Crippen LogP contribution >= 0.6 is 0 Å². The molecule has 1 aliphatic heterocycles. The summed E-state index contributed by atoms with van der Waals surface area (Å²) >= 11 is 0. The zero-order chi connectivity index (χ0) is 12.9. The van der Waals surface area contributed by atoms with E-state index in [0.29, 0.717) is 32.5 Å². The molecule has 1 atom stereocenters. The van der Waals surface area contributed by atoms with E-state index in [4.69, 9.17) is 5.73 Å². The molecule has 0 bridgehead atoms. The Hall–Kier alpha value is -0.860. The van der Waals surface area contributed by atoms with E-state index in [1.54, 1.807) is 0 Å². The largest absolute Gasteiger partial charge is 0.453 e. The standard InChI is InChI=1S/C9H19N3O4S/c1-16-9(13)11-8-3-5-12(7-8)17(14,15)6-2-4-10/h8H,2-7,10H2,1H3,(H,11,13). The highest BCUT2D eigenvalue weighted by Crippen LogP contribution is 2.14. The molecule has 17 heavy (non-hydrogen) atoms. The lowest BCUT2D eigenvalue weighted by atomic mass is 10.3. The van der Waals surface area contributed by atoms with Gasteiger partial charge in [-0.2, -0.15) is 4.31 Å². The van der Waals surface area contributed by atoms with E-state index in [-0.39, 0.29) is 11.8 Å². The van der Waals surface area contributed by atoms with Crippen LogP contribution in [0.2, 0.25) is 0 Å². The van der Waals surface area contributed by atoms with Crippen LogP contribution in [0.3, 0.4) is 0 Å². The van der Waals surface area contributed by atoms with Crippen molar-refractivity contribution in [3.8, 4) is 0 Å². The lowest BCUT2D eigenvalue weighted by Gasteiger charge is -2.16. The van der Waals surface area contributed by atoms with Gasteiger partial charge in [0.2, 0.25) is 10.0 Å². The fourth-order valence-electron chi connectivity index (χ4n) is 1.72. The van der Waals surface area contributed by atoms with Gasteiger partial charge in [-0.1, -0.05) is 0 Å². The van der Waals surface area contributed by atoms with E-state index < -0.39 is 16.1 Å². The minimum atomic E-state index is -3.24. The van der Waals surface area contributed by atoms with Crippen LogP contribution in [0.5, 0.6) is 0 Å². The minimum absolute atomic E-state index is 0.0639. The predicted octanol–water partition coefficient (Wildman–Crippen LogP) is -0.905. The molecule has 7 nitrogen and oxygen atoms in total. The number of nitrogens with one attached hydrogen (secondary N) is 1. The van der Waals surface area contributed by atoms with E-state index in [9.17, 15) is 13.2 Å². The molecular formula is C9H19N3O4S. The van der Waals surface area contributed by atoms with Crippen molar-refractivity contribution in [3.05, 3.63) is 0 Å². The summed E-state index contributed by atoms with van der Waals surface area (Å²) < 4.78 is 29.5. The fraction of sp³-hybridized carbons (Fsp3) is 0.889. The van der Waals surface area contributed by atoms with Gasteiger partial charge in [0.1, 0.15) is 0 Å². The molecule has 0 aliphatic carbocycles. The zero-order valence-electron chi connectivity index (χ0n) is 9.89. The van der Waals surface area contributed by atoms with Gasteiger partial charge in [-0.15, -0.1) is 0 Å². The molecule has 1 saturated heterocycles. The molecule has 1 fully saturated rings. The van der Waals surface area contributed by atoms with Crippen molar-refractivity contribution in [2.24, 2.45) is 5.73 Å². The summed E-state index contributed by atoms with van der Waals surface area (Å²) in [5.74, 6) is 0.0639. The molecule has 0 aromatic carbocycles. The molecule has 0 spiro atoms. The van der Waals surface area contributed by atoms with Crippen LogP contribution in [-0.2, 0) is 14.8 Å². The quantitative estimate of drug-likeness (QED) is 0.670. The van der Waals surface area contributed by atoms with Gasteiger partial charge < -0.3 is 15.8 Å². The number of nitrogens with zero attached hydrogens (tertiary/aromatic N) is 1. The molecule has 1 unspecified atom stereocenters. The van der Waals surface area contributed by atoms with Crippen LogP contribution in [0.15, 0.2) is 0 Å². The number of hydrogen-bond acceptors (Lipinski definition) is 5. The van der Waals surface area contributed by atoms with Crippen molar-refractivity contribution >= 4 is 16.1 Å². The van der Waals surface area contributed by atoms with Gasteiger partial charge in [-0.25, -0.2) is 13.2 Å². The molecule has 0 saturated carbocycles. The number of hydrogen-bond donors (Lipinski definition) is 2. The number of alkyl carbamates (subject to hydrolysis) is 1. The average molecular weight is 265 g/mol. The summed E-state index contributed by atoms with van der Waals surface area (Å²) in [6.45, 7) is 1.10. The Balaban J connectivity index is 2.46. The van der Waals surface area contributed by atoms with Crippen molar-refractivity contribution in [2.45, 2.75) is 18.9 Å². The molecule has 3 N–H and O–H groups in total. The van der Waals surface area contributed by atoms with Crippen molar-refractivity contribution in [1.29, 1.82) is 0 Å². The van der Waals surface area contributed by atoms with Gasteiger partial charge in [-0.3, -0.25) is 0 Å². The highest BCUT2D eigenvalue weighted by Gasteiger charge is 2.31. The van der Waals surface area contributed by atoms with Gasteiger partial charge in [0.15, 0.2) is 0 Å². The third-order valence-electron chi connectivity index (χ3n) is 2.66. The van der Waals surface area contributed by atoms with E-state index in [1.807, 2.05) is 0 Å². The first-order chi connectivity index (χ1) is 7.99. The average Bonchev–Trinajstić information content (AvgIpc) is 2.75. The summed E-state index contributed by atoms with van der Waals surface area (Å²) in [6, 6.07) is -0.171. The highest BCUT2D eigenvalue weighted by atomic mass is 32.2.